The van der Waals surface area contributed by atoms with E-state index in [9.17, 15) is 4.79 Å². The summed E-state index contributed by atoms with van der Waals surface area (Å²) in [5, 5.41) is 0. The summed E-state index contributed by atoms with van der Waals surface area (Å²) in [7, 11) is 2.25. The third-order valence-electron chi connectivity index (χ3n) is 6.39. The Kier molecular flexibility index (Phi) is 4.21. The molecule has 0 aliphatic heterocycles. The van der Waals surface area contributed by atoms with Gasteiger partial charge in [0.2, 0.25) is 0 Å². The molecule has 0 N–H and O–H groups in total. The van der Waals surface area contributed by atoms with Crippen LogP contribution in [0.15, 0.2) is 0 Å². The smallest absolute Gasteiger partial charge is 0.127 e. The summed E-state index contributed by atoms with van der Waals surface area (Å²) >= 11 is 0. The number of aldehydes is 1. The lowest BCUT2D eigenvalue weighted by molar-refractivity contribution is -0.120. The van der Waals surface area contributed by atoms with Crippen LogP contribution in [0.2, 0.25) is 0 Å². The van der Waals surface area contributed by atoms with Gasteiger partial charge >= 0.3 is 0 Å². The zero-order valence-electron chi connectivity index (χ0n) is 13.3. The van der Waals surface area contributed by atoms with Gasteiger partial charge in [-0.05, 0) is 62.8 Å². The van der Waals surface area contributed by atoms with Crippen LogP contribution in [-0.4, -0.2) is 31.3 Å². The molecule has 0 heterocycles. The van der Waals surface area contributed by atoms with Crippen LogP contribution in [0.1, 0.15) is 58.3 Å². The summed E-state index contributed by atoms with van der Waals surface area (Å²) in [5.74, 6) is 3.68. The molecule has 3 rings (SSSR count). The minimum absolute atomic E-state index is 0.0377. The first kappa shape index (κ1) is 14.6. The molecular formula is C18H31NO. The van der Waals surface area contributed by atoms with Crippen molar-refractivity contribution >= 4 is 6.29 Å². The molecule has 3 fully saturated rings. The molecule has 0 radical (unpaired) electrons. The van der Waals surface area contributed by atoms with Crippen molar-refractivity contribution in [1.82, 2.24) is 4.90 Å². The second-order valence-corrected chi connectivity index (χ2v) is 8.31. The predicted molar refractivity (Wildman–Crippen MR) is 82.6 cm³/mol. The minimum atomic E-state index is -0.0377. The summed E-state index contributed by atoms with van der Waals surface area (Å²) in [6.45, 7) is 4.53. The van der Waals surface area contributed by atoms with Gasteiger partial charge in [0.25, 0.3) is 0 Å². The van der Waals surface area contributed by atoms with E-state index in [-0.39, 0.29) is 5.41 Å². The van der Waals surface area contributed by atoms with Crippen LogP contribution in [0.3, 0.4) is 0 Å². The Morgan fingerprint density at radius 3 is 2.70 bits per heavy atom. The van der Waals surface area contributed by atoms with E-state index in [0.29, 0.717) is 0 Å². The fourth-order valence-electron chi connectivity index (χ4n) is 5.59. The topological polar surface area (TPSA) is 20.3 Å². The Hall–Kier alpha value is -0.370. The summed E-state index contributed by atoms with van der Waals surface area (Å²) in [5.41, 5.74) is -0.0377. The molecule has 0 aromatic carbocycles. The van der Waals surface area contributed by atoms with E-state index in [1.165, 1.54) is 51.4 Å². The Balaban J connectivity index is 1.54. The predicted octanol–water partition coefficient (Wildman–Crippen LogP) is 3.75. The van der Waals surface area contributed by atoms with Gasteiger partial charge in [-0.15, -0.1) is 0 Å². The number of rotatable bonds is 5. The number of hydrogen-bond donors (Lipinski definition) is 0. The van der Waals surface area contributed by atoms with E-state index in [4.69, 9.17) is 0 Å². The summed E-state index contributed by atoms with van der Waals surface area (Å²) in [6, 6.07) is 0. The van der Waals surface area contributed by atoms with Crippen LogP contribution in [0, 0.1) is 29.1 Å². The first-order valence-electron chi connectivity index (χ1n) is 8.75. The molecule has 3 aliphatic carbocycles. The van der Waals surface area contributed by atoms with Gasteiger partial charge in [0.15, 0.2) is 0 Å². The number of carbonyl (C=O) groups is 1. The quantitative estimate of drug-likeness (QED) is 0.713. The molecule has 0 aromatic heterocycles. The van der Waals surface area contributed by atoms with E-state index in [1.807, 2.05) is 0 Å². The fraction of sp³-hybridized carbons (Fsp3) is 0.944. The van der Waals surface area contributed by atoms with E-state index in [0.717, 1.165) is 43.1 Å². The molecule has 3 aliphatic rings. The van der Waals surface area contributed by atoms with Crippen LogP contribution in [0.25, 0.3) is 0 Å². The van der Waals surface area contributed by atoms with Gasteiger partial charge in [-0.3, -0.25) is 0 Å². The highest BCUT2D eigenvalue weighted by atomic mass is 16.1. The number of fused-ring (bicyclic) bond motifs is 2. The maximum atomic E-state index is 11.7. The highest BCUT2D eigenvalue weighted by molar-refractivity contribution is 5.60. The van der Waals surface area contributed by atoms with Gasteiger partial charge in [0.1, 0.15) is 6.29 Å². The van der Waals surface area contributed by atoms with Gasteiger partial charge < -0.3 is 9.69 Å². The molecule has 0 aromatic rings. The lowest BCUT2D eigenvalue weighted by Crippen LogP contribution is -2.42. The van der Waals surface area contributed by atoms with Gasteiger partial charge in [0.05, 0.1) is 0 Å². The first-order valence-corrected chi connectivity index (χ1v) is 8.75. The van der Waals surface area contributed by atoms with E-state index >= 15 is 0 Å². The van der Waals surface area contributed by atoms with Crippen LogP contribution < -0.4 is 0 Å². The highest BCUT2D eigenvalue weighted by Gasteiger charge is 2.41. The summed E-state index contributed by atoms with van der Waals surface area (Å²) in [6.07, 6.45) is 12.0. The Morgan fingerprint density at radius 2 is 2.10 bits per heavy atom. The Labute approximate surface area is 124 Å². The first-order chi connectivity index (χ1) is 9.60. The highest BCUT2D eigenvalue weighted by Crippen LogP contribution is 2.48. The molecule has 5 unspecified atom stereocenters. The van der Waals surface area contributed by atoms with Crippen LogP contribution >= 0.6 is 0 Å². The monoisotopic (exact) mass is 277 g/mol. The van der Waals surface area contributed by atoms with Crippen molar-refractivity contribution in [2.45, 2.75) is 58.3 Å². The average molecular weight is 277 g/mol. The van der Waals surface area contributed by atoms with Crippen molar-refractivity contribution in [3.63, 3.8) is 0 Å². The van der Waals surface area contributed by atoms with Crippen LogP contribution in [0.4, 0.5) is 0 Å². The van der Waals surface area contributed by atoms with E-state index < -0.39 is 0 Å². The second-order valence-electron chi connectivity index (χ2n) is 8.31. The van der Waals surface area contributed by atoms with E-state index in [2.05, 4.69) is 18.9 Å². The lowest BCUT2D eigenvalue weighted by atomic mass is 9.70. The zero-order chi connectivity index (χ0) is 14.2. The molecule has 20 heavy (non-hydrogen) atoms. The molecule has 2 heteroatoms. The van der Waals surface area contributed by atoms with Crippen molar-refractivity contribution in [3.8, 4) is 0 Å². The largest absolute Gasteiger partial charge is 0.305 e. The molecular weight excluding hydrogens is 246 g/mol. The van der Waals surface area contributed by atoms with E-state index in [1.54, 1.807) is 0 Å². The SMILES string of the molecule is CC1CCCC(C=O)(CN(C)CC2CC3CCC2C3)C1. The van der Waals surface area contributed by atoms with Gasteiger partial charge in [-0.25, -0.2) is 0 Å². The normalized spacial score (nSPS) is 44.1. The third-order valence-corrected chi connectivity index (χ3v) is 6.39. The second kappa shape index (κ2) is 5.79. The maximum Gasteiger partial charge on any atom is 0.127 e. The third kappa shape index (κ3) is 2.95. The fourth-order valence-corrected chi connectivity index (χ4v) is 5.59. The van der Waals surface area contributed by atoms with Crippen molar-refractivity contribution in [2.75, 3.05) is 20.1 Å². The van der Waals surface area contributed by atoms with Crippen LogP contribution in [-0.2, 0) is 4.79 Å². The molecule has 114 valence electrons. The number of carbonyl (C=O) groups excluding carboxylic acids is 1. The Bertz CT molecular complexity index is 355. The average Bonchev–Trinajstić information content (AvgIpc) is 3.00. The van der Waals surface area contributed by atoms with Crippen molar-refractivity contribution in [1.29, 1.82) is 0 Å². The Morgan fingerprint density at radius 1 is 1.25 bits per heavy atom. The number of hydrogen-bond acceptors (Lipinski definition) is 2. The number of nitrogens with zero attached hydrogens (tertiary/aromatic N) is 1. The van der Waals surface area contributed by atoms with Crippen molar-refractivity contribution in [2.24, 2.45) is 29.1 Å². The van der Waals surface area contributed by atoms with Crippen molar-refractivity contribution in [3.05, 3.63) is 0 Å². The molecule has 3 saturated carbocycles. The molecule has 0 amide bonds. The zero-order valence-corrected chi connectivity index (χ0v) is 13.3. The van der Waals surface area contributed by atoms with Gasteiger partial charge in [0, 0.05) is 18.5 Å². The van der Waals surface area contributed by atoms with Gasteiger partial charge in [-0.2, -0.15) is 0 Å². The summed E-state index contributed by atoms with van der Waals surface area (Å²) in [4.78, 5) is 14.2. The lowest BCUT2D eigenvalue weighted by Gasteiger charge is -2.39. The molecule has 2 bridgehead atoms. The standard InChI is InChI=1S/C18H31NO/c1-14-4-3-7-18(10-14,13-20)12-19(2)11-17-9-15-5-6-16(17)8-15/h13-17H,3-12H2,1-2H3. The van der Waals surface area contributed by atoms with Crippen molar-refractivity contribution < 1.29 is 4.79 Å². The molecule has 0 saturated heterocycles. The van der Waals surface area contributed by atoms with Gasteiger partial charge in [-0.1, -0.05) is 26.2 Å². The molecule has 2 nitrogen and oxygen atoms in total. The molecule has 5 atom stereocenters. The van der Waals surface area contributed by atoms with Crippen LogP contribution in [0.5, 0.6) is 0 Å². The molecule has 0 spiro atoms. The maximum absolute atomic E-state index is 11.7. The summed E-state index contributed by atoms with van der Waals surface area (Å²) < 4.78 is 0. The minimum Gasteiger partial charge on any atom is -0.305 e.